The molecule has 2 N–H and O–H groups in total. The van der Waals surface area contributed by atoms with Crippen LogP contribution in [-0.4, -0.2) is 19.4 Å². The summed E-state index contributed by atoms with van der Waals surface area (Å²) in [7, 11) is 0. The number of anilines is 2. The number of benzene rings is 2. The van der Waals surface area contributed by atoms with E-state index in [1.807, 2.05) is 42.7 Å². The molecule has 0 atom stereocenters. The van der Waals surface area contributed by atoms with Gasteiger partial charge in [-0.05, 0) is 60.1 Å². The van der Waals surface area contributed by atoms with Crippen LogP contribution in [0.25, 0.3) is 17.1 Å². The highest BCUT2D eigenvalue weighted by Crippen LogP contribution is 2.25. The van der Waals surface area contributed by atoms with Gasteiger partial charge >= 0.3 is 0 Å². The maximum atomic E-state index is 13.3. The third-order valence-corrected chi connectivity index (χ3v) is 4.98. The summed E-state index contributed by atoms with van der Waals surface area (Å²) in [4.78, 5) is 14.5. The number of nitrogens with one attached hydrogen (secondary N) is 2. The van der Waals surface area contributed by atoms with Crippen LogP contribution in [0.4, 0.5) is 16.0 Å². The molecule has 1 aliphatic rings. The van der Waals surface area contributed by atoms with E-state index in [0.29, 0.717) is 23.5 Å². The average Bonchev–Trinajstić information content (AvgIpc) is 3.28. The van der Waals surface area contributed by atoms with Gasteiger partial charge in [0.2, 0.25) is 5.95 Å². The van der Waals surface area contributed by atoms with E-state index in [0.717, 1.165) is 17.0 Å². The zero-order valence-electron chi connectivity index (χ0n) is 14.0. The van der Waals surface area contributed by atoms with Gasteiger partial charge in [-0.25, -0.2) is 18.8 Å². The molecule has 0 radical (unpaired) electrons. The van der Waals surface area contributed by atoms with Gasteiger partial charge in [-0.3, -0.25) is 0 Å². The lowest BCUT2D eigenvalue weighted by atomic mass is 10.2. The zero-order chi connectivity index (χ0) is 18.2. The van der Waals surface area contributed by atoms with Crippen molar-refractivity contribution in [3.8, 4) is 5.75 Å². The van der Waals surface area contributed by atoms with Crippen molar-refractivity contribution < 1.29 is 9.23 Å². The molecule has 4 aromatic rings. The quantitative estimate of drug-likeness (QED) is 0.539. The highest BCUT2D eigenvalue weighted by atomic mass is 32.1. The van der Waals surface area contributed by atoms with Gasteiger partial charge in [-0.1, -0.05) is 0 Å². The average molecular weight is 379 g/mol. The monoisotopic (exact) mass is 379 g/mol. The van der Waals surface area contributed by atoms with E-state index in [1.54, 1.807) is 11.1 Å². The minimum Gasteiger partial charge on any atom is -0.380 e. The second kappa shape index (κ2) is 6.40. The van der Waals surface area contributed by atoms with Crippen LogP contribution < -0.4 is 10.2 Å². The van der Waals surface area contributed by atoms with Crippen LogP contribution in [0.2, 0.25) is 0 Å². The number of hydrogen-bond donors (Lipinski definition) is 2. The lowest BCUT2D eigenvalue weighted by Gasteiger charge is -2.23. The fraction of sp³-hybridized carbons (Fsp3) is 0.0526. The zero-order valence-corrected chi connectivity index (χ0v) is 14.8. The number of rotatable bonds is 4. The predicted octanol–water partition coefficient (Wildman–Crippen LogP) is 4.68. The standard InChI is InChI=1S/C19H14FN5OS/c20-13-1-6-16-17(9-13)24-19(23-16)22-14-2-4-15(5-3-14)26-25-8-7-18-12(11-25)10-21-27-18/h1-10H,11H2,(H2,22,23,24). The second-order valence-corrected chi connectivity index (χ2v) is 6.93. The number of halogens is 1. The smallest absolute Gasteiger partial charge is 0.205 e. The van der Waals surface area contributed by atoms with E-state index < -0.39 is 0 Å². The van der Waals surface area contributed by atoms with Crippen molar-refractivity contribution in [2.75, 3.05) is 5.32 Å². The summed E-state index contributed by atoms with van der Waals surface area (Å²) >= 11 is 1.48. The molecule has 134 valence electrons. The Bertz CT molecular complexity index is 1130. The van der Waals surface area contributed by atoms with Crippen LogP contribution in [0.1, 0.15) is 10.4 Å². The largest absolute Gasteiger partial charge is 0.380 e. The molecule has 3 heterocycles. The number of aromatic amines is 1. The van der Waals surface area contributed by atoms with Crippen molar-refractivity contribution in [2.45, 2.75) is 6.54 Å². The normalized spacial score (nSPS) is 13.0. The maximum Gasteiger partial charge on any atom is 0.205 e. The van der Waals surface area contributed by atoms with E-state index in [1.165, 1.54) is 28.5 Å². The first-order valence-corrected chi connectivity index (χ1v) is 9.09. The number of fused-ring (bicyclic) bond motifs is 2. The molecule has 2 aromatic carbocycles. The SMILES string of the molecule is Fc1ccc2nc(Nc3ccc(ON4C=Cc5sncc5C4)cc3)[nH]c2c1. The molecule has 5 rings (SSSR count). The molecule has 0 fully saturated rings. The van der Waals surface area contributed by atoms with Gasteiger partial charge in [-0.2, -0.15) is 0 Å². The molecule has 0 aliphatic carbocycles. The summed E-state index contributed by atoms with van der Waals surface area (Å²) in [6.07, 6.45) is 5.77. The van der Waals surface area contributed by atoms with E-state index in [9.17, 15) is 4.39 Å². The highest BCUT2D eigenvalue weighted by molar-refractivity contribution is 7.06. The van der Waals surface area contributed by atoms with Gasteiger partial charge in [0.25, 0.3) is 0 Å². The molecule has 8 heteroatoms. The highest BCUT2D eigenvalue weighted by Gasteiger charge is 2.14. The van der Waals surface area contributed by atoms with E-state index in [-0.39, 0.29) is 5.82 Å². The number of imidazole rings is 1. The lowest BCUT2D eigenvalue weighted by molar-refractivity contribution is -0.0160. The Morgan fingerprint density at radius 3 is 2.96 bits per heavy atom. The molecule has 6 nitrogen and oxygen atoms in total. The van der Waals surface area contributed by atoms with E-state index >= 15 is 0 Å². The first-order chi connectivity index (χ1) is 13.2. The Kier molecular flexibility index (Phi) is 3.75. The summed E-state index contributed by atoms with van der Waals surface area (Å²) < 4.78 is 17.5. The number of aromatic nitrogens is 3. The van der Waals surface area contributed by atoms with Gasteiger partial charge in [-0.15, -0.1) is 0 Å². The second-order valence-electron chi connectivity index (χ2n) is 6.09. The fourth-order valence-electron chi connectivity index (χ4n) is 2.87. The summed E-state index contributed by atoms with van der Waals surface area (Å²) in [5.74, 6) is 0.987. The molecule has 0 bridgehead atoms. The fourth-order valence-corrected chi connectivity index (χ4v) is 3.52. The lowest BCUT2D eigenvalue weighted by Crippen LogP contribution is -2.22. The predicted molar refractivity (Wildman–Crippen MR) is 103 cm³/mol. The molecular formula is C19H14FN5OS. The Morgan fingerprint density at radius 1 is 1.19 bits per heavy atom. The molecular weight excluding hydrogens is 365 g/mol. The Balaban J connectivity index is 1.27. The molecule has 2 aromatic heterocycles. The Labute approximate surface area is 158 Å². The van der Waals surface area contributed by atoms with Crippen molar-refractivity contribution in [2.24, 2.45) is 0 Å². The number of H-pyrrole nitrogens is 1. The molecule has 0 saturated carbocycles. The summed E-state index contributed by atoms with van der Waals surface area (Å²) in [6.45, 7) is 0.665. The first-order valence-electron chi connectivity index (χ1n) is 8.32. The molecule has 27 heavy (non-hydrogen) atoms. The van der Waals surface area contributed by atoms with Gasteiger partial charge in [0.1, 0.15) is 5.82 Å². The van der Waals surface area contributed by atoms with Crippen LogP contribution >= 0.6 is 11.5 Å². The molecule has 0 unspecified atom stereocenters. The van der Waals surface area contributed by atoms with E-state index in [2.05, 4.69) is 19.7 Å². The minimum atomic E-state index is -0.295. The molecule has 0 saturated heterocycles. The van der Waals surface area contributed by atoms with E-state index in [4.69, 9.17) is 4.84 Å². The van der Waals surface area contributed by atoms with Crippen LogP contribution in [-0.2, 0) is 6.54 Å². The molecule has 0 spiro atoms. The van der Waals surface area contributed by atoms with Crippen molar-refractivity contribution in [1.29, 1.82) is 0 Å². The number of hydroxylamine groups is 2. The van der Waals surface area contributed by atoms with Crippen molar-refractivity contribution >= 4 is 40.3 Å². The number of nitrogens with zero attached hydrogens (tertiary/aromatic N) is 3. The van der Waals surface area contributed by atoms with Crippen LogP contribution in [0.3, 0.4) is 0 Å². The third-order valence-electron chi connectivity index (χ3n) is 4.18. The summed E-state index contributed by atoms with van der Waals surface area (Å²) in [5, 5.41) is 4.94. The van der Waals surface area contributed by atoms with Crippen molar-refractivity contribution in [1.82, 2.24) is 19.4 Å². The Morgan fingerprint density at radius 2 is 2.07 bits per heavy atom. The van der Waals surface area contributed by atoms with Crippen LogP contribution in [0, 0.1) is 5.82 Å². The maximum absolute atomic E-state index is 13.3. The van der Waals surface area contributed by atoms with Crippen molar-refractivity contribution in [3.05, 3.63) is 71.1 Å². The van der Waals surface area contributed by atoms with Gasteiger partial charge < -0.3 is 15.1 Å². The van der Waals surface area contributed by atoms with Gasteiger partial charge in [0.15, 0.2) is 5.75 Å². The first kappa shape index (κ1) is 15.8. The Hall–Kier alpha value is -3.39. The molecule has 0 amide bonds. The van der Waals surface area contributed by atoms with Crippen LogP contribution in [0.15, 0.2) is 54.9 Å². The molecule has 1 aliphatic heterocycles. The summed E-state index contributed by atoms with van der Waals surface area (Å²) in [6, 6.07) is 12.0. The number of hydrogen-bond acceptors (Lipinski definition) is 6. The van der Waals surface area contributed by atoms with Crippen LogP contribution in [0.5, 0.6) is 5.75 Å². The van der Waals surface area contributed by atoms with Gasteiger partial charge in [0.05, 0.1) is 22.5 Å². The third kappa shape index (κ3) is 3.22. The van der Waals surface area contributed by atoms with Crippen molar-refractivity contribution in [3.63, 3.8) is 0 Å². The minimum absolute atomic E-state index is 0.295. The van der Waals surface area contributed by atoms with Gasteiger partial charge in [0, 0.05) is 23.6 Å². The topological polar surface area (TPSA) is 66.1 Å². The summed E-state index contributed by atoms with van der Waals surface area (Å²) in [5.41, 5.74) is 3.36.